The van der Waals surface area contributed by atoms with E-state index in [0.717, 1.165) is 16.5 Å². The highest BCUT2D eigenvalue weighted by Crippen LogP contribution is 2.25. The highest BCUT2D eigenvalue weighted by molar-refractivity contribution is 9.10. The van der Waals surface area contributed by atoms with Crippen molar-refractivity contribution in [3.63, 3.8) is 0 Å². The van der Waals surface area contributed by atoms with Gasteiger partial charge in [-0.1, -0.05) is 12.1 Å². The van der Waals surface area contributed by atoms with Crippen LogP contribution >= 0.6 is 27.3 Å². The first kappa shape index (κ1) is 18.6. The van der Waals surface area contributed by atoms with Gasteiger partial charge in [0.1, 0.15) is 5.75 Å². The predicted octanol–water partition coefficient (Wildman–Crippen LogP) is 4.80. The molecule has 0 fully saturated rings. The molecular formula is C20H19BrN2O2S. The van der Waals surface area contributed by atoms with Crippen LogP contribution in [-0.4, -0.2) is 29.4 Å². The molecule has 26 heavy (non-hydrogen) atoms. The van der Waals surface area contributed by atoms with E-state index in [0.29, 0.717) is 24.4 Å². The summed E-state index contributed by atoms with van der Waals surface area (Å²) in [5.41, 5.74) is 1.60. The van der Waals surface area contributed by atoms with Gasteiger partial charge in [-0.2, -0.15) is 0 Å². The van der Waals surface area contributed by atoms with Gasteiger partial charge in [0.25, 0.3) is 5.91 Å². The summed E-state index contributed by atoms with van der Waals surface area (Å²) in [5.74, 6) is 0.632. The van der Waals surface area contributed by atoms with Crippen molar-refractivity contribution in [3.8, 4) is 5.75 Å². The topological polar surface area (TPSA) is 42.4 Å². The molecule has 4 nitrogen and oxygen atoms in total. The molecule has 0 saturated carbocycles. The zero-order valence-corrected chi connectivity index (χ0v) is 16.8. The minimum atomic E-state index is -0.0313. The maximum absolute atomic E-state index is 13.2. The summed E-state index contributed by atoms with van der Waals surface area (Å²) in [6.45, 7) is 1.15. The Hall–Kier alpha value is -2.18. The van der Waals surface area contributed by atoms with Crippen LogP contribution in [0.15, 0.2) is 64.7 Å². The molecule has 2 aromatic heterocycles. The van der Waals surface area contributed by atoms with E-state index in [1.807, 2.05) is 35.2 Å². The van der Waals surface area contributed by atoms with Gasteiger partial charge in [0, 0.05) is 34.8 Å². The van der Waals surface area contributed by atoms with Crippen molar-refractivity contribution in [2.45, 2.75) is 13.0 Å². The van der Waals surface area contributed by atoms with Crippen LogP contribution in [0, 0.1) is 0 Å². The van der Waals surface area contributed by atoms with E-state index in [9.17, 15) is 4.79 Å². The standard InChI is InChI=1S/C20H19BrN2O2S/c1-25-16-6-7-19(21)18(12-16)20(24)23(10-8-17-5-3-11-26-17)14-15-4-2-9-22-13-15/h2-7,9,11-13H,8,10,14H2,1H3. The maximum Gasteiger partial charge on any atom is 0.255 e. The maximum atomic E-state index is 13.2. The summed E-state index contributed by atoms with van der Waals surface area (Å²) >= 11 is 5.20. The Bertz CT molecular complexity index is 854. The van der Waals surface area contributed by atoms with Crippen molar-refractivity contribution in [1.29, 1.82) is 0 Å². The summed E-state index contributed by atoms with van der Waals surface area (Å²) < 4.78 is 6.04. The predicted molar refractivity (Wildman–Crippen MR) is 108 cm³/mol. The normalized spacial score (nSPS) is 10.5. The van der Waals surface area contributed by atoms with Crippen molar-refractivity contribution >= 4 is 33.2 Å². The zero-order valence-electron chi connectivity index (χ0n) is 14.4. The van der Waals surface area contributed by atoms with Crippen molar-refractivity contribution in [2.75, 3.05) is 13.7 Å². The van der Waals surface area contributed by atoms with Crippen molar-refractivity contribution in [3.05, 3.63) is 80.7 Å². The number of benzene rings is 1. The molecule has 3 aromatic rings. The monoisotopic (exact) mass is 430 g/mol. The van der Waals surface area contributed by atoms with E-state index in [2.05, 4.69) is 32.4 Å². The second kappa shape index (κ2) is 8.96. The van der Waals surface area contributed by atoms with Crippen LogP contribution < -0.4 is 4.74 Å². The fraction of sp³-hybridized carbons (Fsp3) is 0.200. The third-order valence-corrected chi connectivity index (χ3v) is 5.62. The summed E-state index contributed by atoms with van der Waals surface area (Å²) in [6.07, 6.45) is 4.36. The average Bonchev–Trinajstić information content (AvgIpc) is 3.19. The fourth-order valence-electron chi connectivity index (χ4n) is 2.63. The first-order valence-electron chi connectivity index (χ1n) is 8.21. The number of halogens is 1. The molecule has 0 saturated heterocycles. The van der Waals surface area contributed by atoms with E-state index in [4.69, 9.17) is 4.74 Å². The number of hydrogen-bond acceptors (Lipinski definition) is 4. The minimum Gasteiger partial charge on any atom is -0.497 e. The smallest absolute Gasteiger partial charge is 0.255 e. The number of hydrogen-bond donors (Lipinski definition) is 0. The molecule has 6 heteroatoms. The number of pyridine rings is 1. The molecule has 2 heterocycles. The van der Waals surface area contributed by atoms with Gasteiger partial charge in [-0.05, 0) is 63.6 Å². The lowest BCUT2D eigenvalue weighted by molar-refractivity contribution is 0.0744. The number of aromatic nitrogens is 1. The van der Waals surface area contributed by atoms with Crippen molar-refractivity contribution < 1.29 is 9.53 Å². The van der Waals surface area contributed by atoms with Crippen LogP contribution in [0.25, 0.3) is 0 Å². The number of nitrogens with zero attached hydrogens (tertiary/aromatic N) is 2. The van der Waals surface area contributed by atoms with Gasteiger partial charge in [-0.25, -0.2) is 0 Å². The molecule has 0 bridgehead atoms. The molecule has 3 rings (SSSR count). The lowest BCUT2D eigenvalue weighted by Crippen LogP contribution is -2.32. The van der Waals surface area contributed by atoms with Gasteiger partial charge in [0.2, 0.25) is 0 Å². The number of methoxy groups -OCH3 is 1. The van der Waals surface area contributed by atoms with Crippen LogP contribution in [0.3, 0.4) is 0 Å². The Kier molecular flexibility index (Phi) is 6.41. The van der Waals surface area contributed by atoms with Crippen LogP contribution in [-0.2, 0) is 13.0 Å². The first-order chi connectivity index (χ1) is 12.7. The zero-order chi connectivity index (χ0) is 18.4. The Balaban J connectivity index is 1.84. The number of rotatable bonds is 7. The minimum absolute atomic E-state index is 0.0313. The van der Waals surface area contributed by atoms with Gasteiger partial charge in [-0.15, -0.1) is 11.3 Å². The Morgan fingerprint density at radius 1 is 1.27 bits per heavy atom. The Morgan fingerprint density at radius 3 is 2.85 bits per heavy atom. The number of carbonyl (C=O) groups is 1. The average molecular weight is 431 g/mol. The van der Waals surface area contributed by atoms with E-state index < -0.39 is 0 Å². The molecule has 0 aliphatic carbocycles. The molecule has 0 atom stereocenters. The molecule has 0 aliphatic rings. The van der Waals surface area contributed by atoms with Crippen molar-refractivity contribution in [2.24, 2.45) is 0 Å². The SMILES string of the molecule is COc1ccc(Br)c(C(=O)N(CCc2cccs2)Cc2cccnc2)c1. The van der Waals surface area contributed by atoms with Gasteiger partial charge >= 0.3 is 0 Å². The van der Waals surface area contributed by atoms with Crippen molar-refractivity contribution in [1.82, 2.24) is 9.88 Å². The van der Waals surface area contributed by atoms with Crippen LogP contribution in [0.5, 0.6) is 5.75 Å². The van der Waals surface area contributed by atoms with E-state index in [-0.39, 0.29) is 5.91 Å². The largest absolute Gasteiger partial charge is 0.497 e. The summed E-state index contributed by atoms with van der Waals surface area (Å²) in [5, 5.41) is 2.06. The molecular weight excluding hydrogens is 412 g/mol. The molecule has 1 amide bonds. The van der Waals surface area contributed by atoms with Crippen LogP contribution in [0.2, 0.25) is 0 Å². The van der Waals surface area contributed by atoms with Gasteiger partial charge in [-0.3, -0.25) is 9.78 Å². The second-order valence-corrected chi connectivity index (χ2v) is 7.65. The molecule has 0 spiro atoms. The number of carbonyl (C=O) groups excluding carboxylic acids is 1. The van der Waals surface area contributed by atoms with E-state index >= 15 is 0 Å². The molecule has 0 radical (unpaired) electrons. The Morgan fingerprint density at radius 2 is 2.15 bits per heavy atom. The van der Waals surface area contributed by atoms with Gasteiger partial charge in [0.15, 0.2) is 0 Å². The third-order valence-electron chi connectivity index (χ3n) is 4.00. The lowest BCUT2D eigenvalue weighted by Gasteiger charge is -2.23. The third kappa shape index (κ3) is 4.71. The lowest BCUT2D eigenvalue weighted by atomic mass is 10.1. The molecule has 0 unspecified atom stereocenters. The second-order valence-electron chi connectivity index (χ2n) is 5.76. The van der Waals surface area contributed by atoms with Gasteiger partial charge < -0.3 is 9.64 Å². The van der Waals surface area contributed by atoms with Crippen LogP contribution in [0.4, 0.5) is 0 Å². The molecule has 0 N–H and O–H groups in total. The first-order valence-corrected chi connectivity index (χ1v) is 9.88. The molecule has 0 aliphatic heterocycles. The highest BCUT2D eigenvalue weighted by Gasteiger charge is 2.19. The highest BCUT2D eigenvalue weighted by atomic mass is 79.9. The van der Waals surface area contributed by atoms with Crippen LogP contribution in [0.1, 0.15) is 20.8 Å². The summed E-state index contributed by atoms with van der Waals surface area (Å²) in [4.78, 5) is 20.5. The number of ether oxygens (including phenoxy) is 1. The van der Waals surface area contributed by atoms with Gasteiger partial charge in [0.05, 0.1) is 12.7 Å². The molecule has 1 aromatic carbocycles. The fourth-order valence-corrected chi connectivity index (χ4v) is 3.74. The number of amides is 1. The van der Waals surface area contributed by atoms with E-state index in [1.165, 1.54) is 4.88 Å². The number of thiophene rings is 1. The molecule has 134 valence electrons. The summed E-state index contributed by atoms with van der Waals surface area (Å²) in [6, 6.07) is 13.4. The Labute approximate surface area is 165 Å². The van der Waals surface area contributed by atoms with E-state index in [1.54, 1.807) is 36.9 Å². The quantitative estimate of drug-likeness (QED) is 0.540. The summed E-state index contributed by atoms with van der Waals surface area (Å²) in [7, 11) is 1.60.